The second-order valence-corrected chi connectivity index (χ2v) is 5.53. The van der Waals surface area contributed by atoms with E-state index in [1.165, 1.54) is 26.4 Å². The van der Waals surface area contributed by atoms with Crippen molar-refractivity contribution in [1.82, 2.24) is 5.32 Å². The lowest BCUT2D eigenvalue weighted by molar-refractivity contribution is 0.735. The fourth-order valence-corrected chi connectivity index (χ4v) is 2.93. The van der Waals surface area contributed by atoms with E-state index in [4.69, 9.17) is 0 Å². The molecule has 2 rings (SSSR count). The van der Waals surface area contributed by atoms with Gasteiger partial charge in [0.25, 0.3) is 0 Å². The van der Waals surface area contributed by atoms with Crippen LogP contribution in [0.2, 0.25) is 0 Å². The van der Waals surface area contributed by atoms with Crippen LogP contribution in [0.25, 0.3) is 10.4 Å². The molecule has 90 valence electrons. The van der Waals surface area contributed by atoms with Crippen molar-refractivity contribution in [2.24, 2.45) is 0 Å². The lowest BCUT2D eigenvalue weighted by Crippen LogP contribution is -2.10. The Morgan fingerprint density at radius 2 is 1.94 bits per heavy atom. The normalized spacial score (nSPS) is 10.8. The molecule has 0 spiro atoms. The average molecular weight is 245 g/mol. The van der Waals surface area contributed by atoms with Gasteiger partial charge < -0.3 is 5.32 Å². The predicted molar refractivity (Wildman–Crippen MR) is 76.6 cm³/mol. The van der Waals surface area contributed by atoms with Crippen LogP contribution < -0.4 is 5.32 Å². The molecule has 0 radical (unpaired) electrons. The molecule has 0 bridgehead atoms. The van der Waals surface area contributed by atoms with Crippen molar-refractivity contribution < 1.29 is 0 Å². The number of nitrogens with one attached hydrogen (secondary N) is 1. The highest BCUT2D eigenvalue weighted by molar-refractivity contribution is 7.15. The van der Waals surface area contributed by atoms with Crippen LogP contribution in [0.15, 0.2) is 30.3 Å². The maximum atomic E-state index is 3.37. The molecule has 0 fully saturated rings. The molecule has 0 aliphatic carbocycles. The van der Waals surface area contributed by atoms with Crippen LogP contribution in [-0.4, -0.2) is 6.54 Å². The largest absolute Gasteiger partial charge is 0.312 e. The van der Waals surface area contributed by atoms with Gasteiger partial charge >= 0.3 is 0 Å². The first-order valence-corrected chi connectivity index (χ1v) is 6.89. The van der Waals surface area contributed by atoms with Crippen LogP contribution in [0.1, 0.15) is 22.9 Å². The van der Waals surface area contributed by atoms with Gasteiger partial charge in [-0.05, 0) is 43.7 Å². The molecule has 1 N–H and O–H groups in total. The molecule has 1 aromatic heterocycles. The highest BCUT2D eigenvalue weighted by Gasteiger charge is 2.05. The van der Waals surface area contributed by atoms with Gasteiger partial charge in [0, 0.05) is 16.3 Å². The number of aryl methyl sites for hydroxylation is 2. The van der Waals surface area contributed by atoms with Crippen LogP contribution in [0.3, 0.4) is 0 Å². The quantitative estimate of drug-likeness (QED) is 0.853. The van der Waals surface area contributed by atoms with E-state index in [-0.39, 0.29) is 0 Å². The third-order valence-electron chi connectivity index (χ3n) is 2.87. The lowest BCUT2D eigenvalue weighted by atomic mass is 10.0. The summed E-state index contributed by atoms with van der Waals surface area (Å²) in [5, 5.41) is 3.37. The first-order valence-electron chi connectivity index (χ1n) is 6.07. The van der Waals surface area contributed by atoms with Gasteiger partial charge in [-0.1, -0.05) is 30.7 Å². The molecule has 17 heavy (non-hydrogen) atoms. The minimum absolute atomic E-state index is 0.978. The number of thiophene rings is 1. The monoisotopic (exact) mass is 245 g/mol. The molecule has 2 heteroatoms. The molecule has 1 aromatic carbocycles. The molecule has 0 saturated carbocycles. The molecule has 0 aliphatic heterocycles. The van der Waals surface area contributed by atoms with E-state index >= 15 is 0 Å². The molecule has 1 heterocycles. The van der Waals surface area contributed by atoms with Gasteiger partial charge in [-0.3, -0.25) is 0 Å². The maximum Gasteiger partial charge on any atom is 0.0348 e. The third-order valence-corrected chi connectivity index (χ3v) is 3.99. The minimum Gasteiger partial charge on any atom is -0.312 e. The zero-order valence-corrected chi connectivity index (χ0v) is 11.5. The van der Waals surface area contributed by atoms with E-state index in [9.17, 15) is 0 Å². The van der Waals surface area contributed by atoms with Crippen LogP contribution in [0.4, 0.5) is 0 Å². The Labute approximate surface area is 108 Å². The molecular formula is C15H19NS. The van der Waals surface area contributed by atoms with Crippen LogP contribution in [0, 0.1) is 13.8 Å². The number of rotatable bonds is 4. The Morgan fingerprint density at radius 3 is 2.71 bits per heavy atom. The summed E-state index contributed by atoms with van der Waals surface area (Å²) >= 11 is 1.89. The van der Waals surface area contributed by atoms with Gasteiger partial charge in [0.2, 0.25) is 0 Å². The third kappa shape index (κ3) is 2.96. The van der Waals surface area contributed by atoms with Crippen molar-refractivity contribution in [3.63, 3.8) is 0 Å². The Morgan fingerprint density at radius 1 is 1.12 bits per heavy atom. The number of hydrogen-bond donors (Lipinski definition) is 1. The summed E-state index contributed by atoms with van der Waals surface area (Å²) in [5.41, 5.74) is 4.05. The predicted octanol–water partition coefficient (Wildman–Crippen LogP) is 4.14. The first kappa shape index (κ1) is 12.3. The van der Waals surface area contributed by atoms with Crippen LogP contribution >= 0.6 is 11.3 Å². The summed E-state index contributed by atoms with van der Waals surface area (Å²) in [6.07, 6.45) is 0. The minimum atomic E-state index is 0.978. The van der Waals surface area contributed by atoms with E-state index in [1.807, 2.05) is 11.3 Å². The zero-order chi connectivity index (χ0) is 12.3. The zero-order valence-electron chi connectivity index (χ0n) is 10.7. The molecule has 0 amide bonds. The first-order chi connectivity index (χ1) is 8.20. The summed E-state index contributed by atoms with van der Waals surface area (Å²) in [4.78, 5) is 2.78. The van der Waals surface area contributed by atoms with Crippen LogP contribution in [-0.2, 0) is 6.54 Å². The summed E-state index contributed by atoms with van der Waals surface area (Å²) in [5.74, 6) is 0. The van der Waals surface area contributed by atoms with Crippen molar-refractivity contribution in [3.05, 3.63) is 46.3 Å². The Balaban J connectivity index is 2.27. The van der Waals surface area contributed by atoms with Gasteiger partial charge in [-0.25, -0.2) is 0 Å². The number of benzene rings is 1. The van der Waals surface area contributed by atoms with Gasteiger partial charge in [-0.2, -0.15) is 0 Å². The maximum absolute atomic E-state index is 3.37. The standard InChI is InChI=1S/C15H19NS/c1-4-16-10-13-7-8-15(17-13)14-9-11(2)5-6-12(14)3/h5-9,16H,4,10H2,1-3H3. The molecular weight excluding hydrogens is 226 g/mol. The van der Waals surface area contributed by atoms with E-state index in [1.54, 1.807) is 0 Å². The van der Waals surface area contributed by atoms with Gasteiger partial charge in [0.05, 0.1) is 0 Å². The highest BCUT2D eigenvalue weighted by atomic mass is 32.1. The topological polar surface area (TPSA) is 12.0 Å². The molecule has 0 aliphatic rings. The fourth-order valence-electron chi connectivity index (χ4n) is 1.87. The Hall–Kier alpha value is -1.12. The lowest BCUT2D eigenvalue weighted by Gasteiger charge is -2.04. The van der Waals surface area contributed by atoms with Crippen molar-refractivity contribution in [3.8, 4) is 10.4 Å². The van der Waals surface area contributed by atoms with E-state index in [0.29, 0.717) is 0 Å². The van der Waals surface area contributed by atoms with Crippen molar-refractivity contribution in [2.45, 2.75) is 27.3 Å². The molecule has 0 unspecified atom stereocenters. The van der Waals surface area contributed by atoms with Gasteiger partial charge in [0.15, 0.2) is 0 Å². The Kier molecular flexibility index (Phi) is 3.97. The van der Waals surface area contributed by atoms with E-state index in [2.05, 4.69) is 56.4 Å². The molecule has 1 nitrogen and oxygen atoms in total. The van der Waals surface area contributed by atoms with E-state index < -0.39 is 0 Å². The summed E-state index contributed by atoms with van der Waals surface area (Å²) < 4.78 is 0. The molecule has 2 aromatic rings. The molecule has 0 saturated heterocycles. The van der Waals surface area contributed by atoms with Crippen LogP contribution in [0.5, 0.6) is 0 Å². The van der Waals surface area contributed by atoms with Crippen molar-refractivity contribution in [2.75, 3.05) is 6.54 Å². The summed E-state index contributed by atoms with van der Waals surface area (Å²) in [6.45, 7) is 8.47. The summed E-state index contributed by atoms with van der Waals surface area (Å²) in [6, 6.07) is 11.1. The smallest absolute Gasteiger partial charge is 0.0348 e. The van der Waals surface area contributed by atoms with Crippen molar-refractivity contribution >= 4 is 11.3 Å². The summed E-state index contributed by atoms with van der Waals surface area (Å²) in [7, 11) is 0. The Bertz CT molecular complexity index is 499. The highest BCUT2D eigenvalue weighted by Crippen LogP contribution is 2.31. The SMILES string of the molecule is CCNCc1ccc(-c2cc(C)ccc2C)s1. The molecule has 0 atom stereocenters. The second-order valence-electron chi connectivity index (χ2n) is 4.36. The average Bonchev–Trinajstić information content (AvgIpc) is 2.78. The van der Waals surface area contributed by atoms with Gasteiger partial charge in [-0.15, -0.1) is 11.3 Å². The van der Waals surface area contributed by atoms with Gasteiger partial charge in [0.1, 0.15) is 0 Å². The van der Waals surface area contributed by atoms with E-state index in [0.717, 1.165) is 13.1 Å². The second kappa shape index (κ2) is 5.48. The van der Waals surface area contributed by atoms with Crippen molar-refractivity contribution in [1.29, 1.82) is 0 Å². The number of hydrogen-bond acceptors (Lipinski definition) is 2. The fraction of sp³-hybridized carbons (Fsp3) is 0.333.